The molecule has 0 radical (unpaired) electrons. The average molecular weight is 277 g/mol. The summed E-state index contributed by atoms with van der Waals surface area (Å²) in [6.45, 7) is 1.16. The summed E-state index contributed by atoms with van der Waals surface area (Å²) < 4.78 is 27.2. The number of β-amino-alcohol motifs (C(OH)–C–C–N with tert-alkyl or cyclic N) is 1. The molecule has 1 fully saturated rings. The van der Waals surface area contributed by atoms with E-state index in [1.54, 1.807) is 0 Å². The number of hydrogen-bond donors (Lipinski definition) is 2. The highest BCUT2D eigenvalue weighted by atomic mass is 32.2. The SMILES string of the molecule is CS(=O)(=O)c1c(N)nsc1N1CCCC(O)C1. The van der Waals surface area contributed by atoms with Gasteiger partial charge in [0.2, 0.25) is 0 Å². The molecule has 17 heavy (non-hydrogen) atoms. The largest absolute Gasteiger partial charge is 0.391 e. The molecular weight excluding hydrogens is 262 g/mol. The first kappa shape index (κ1) is 12.6. The molecule has 96 valence electrons. The van der Waals surface area contributed by atoms with Crippen molar-refractivity contribution in [1.29, 1.82) is 0 Å². The molecule has 0 saturated carbocycles. The van der Waals surface area contributed by atoms with Crippen LogP contribution in [0.15, 0.2) is 4.90 Å². The molecule has 1 atom stereocenters. The summed E-state index contributed by atoms with van der Waals surface area (Å²) in [5, 5.41) is 10.1. The highest BCUT2D eigenvalue weighted by molar-refractivity contribution is 7.91. The maximum atomic E-state index is 11.7. The van der Waals surface area contributed by atoms with Gasteiger partial charge in [-0.3, -0.25) is 0 Å². The van der Waals surface area contributed by atoms with E-state index in [9.17, 15) is 13.5 Å². The van der Waals surface area contributed by atoms with Crippen LogP contribution in [0.25, 0.3) is 0 Å². The molecule has 1 unspecified atom stereocenters. The van der Waals surface area contributed by atoms with Crippen LogP contribution in [0.3, 0.4) is 0 Å². The number of aromatic nitrogens is 1. The monoisotopic (exact) mass is 277 g/mol. The standard InChI is InChI=1S/C9H15N3O3S2/c1-17(14,15)7-8(10)11-16-9(7)12-4-2-3-6(13)5-12/h6,13H,2-5H2,1H3,(H2,10,11). The number of nitrogens with two attached hydrogens (primary N) is 1. The minimum atomic E-state index is -3.39. The number of hydrogen-bond acceptors (Lipinski definition) is 7. The third kappa shape index (κ3) is 2.53. The van der Waals surface area contributed by atoms with Crippen molar-refractivity contribution in [2.24, 2.45) is 0 Å². The molecule has 0 aliphatic carbocycles. The Balaban J connectivity index is 2.39. The first-order valence-electron chi connectivity index (χ1n) is 5.28. The summed E-state index contributed by atoms with van der Waals surface area (Å²) in [7, 11) is -3.39. The summed E-state index contributed by atoms with van der Waals surface area (Å²) in [4.78, 5) is 1.94. The minimum Gasteiger partial charge on any atom is -0.391 e. The molecule has 2 rings (SSSR count). The number of nitrogens with zero attached hydrogens (tertiary/aromatic N) is 2. The lowest BCUT2D eigenvalue weighted by Crippen LogP contribution is -2.38. The molecule has 0 spiro atoms. The third-order valence-electron chi connectivity index (χ3n) is 2.71. The molecule has 1 aromatic heterocycles. The van der Waals surface area contributed by atoms with Crippen LogP contribution in [0.1, 0.15) is 12.8 Å². The summed E-state index contributed by atoms with van der Waals surface area (Å²) in [6.07, 6.45) is 2.29. The van der Waals surface area contributed by atoms with Gasteiger partial charge in [-0.2, -0.15) is 4.37 Å². The Kier molecular flexibility index (Phi) is 3.28. The van der Waals surface area contributed by atoms with Crippen molar-refractivity contribution in [2.45, 2.75) is 23.8 Å². The molecule has 0 aromatic carbocycles. The molecule has 1 aliphatic rings. The van der Waals surface area contributed by atoms with E-state index in [0.29, 0.717) is 11.5 Å². The van der Waals surface area contributed by atoms with E-state index in [-0.39, 0.29) is 10.7 Å². The normalized spacial score (nSPS) is 21.8. The van der Waals surface area contributed by atoms with Crippen LogP contribution in [0.2, 0.25) is 0 Å². The molecule has 1 aliphatic heterocycles. The Morgan fingerprint density at radius 1 is 1.59 bits per heavy atom. The van der Waals surface area contributed by atoms with Crippen molar-refractivity contribution in [3.05, 3.63) is 0 Å². The molecule has 6 nitrogen and oxygen atoms in total. The quantitative estimate of drug-likeness (QED) is 0.795. The van der Waals surface area contributed by atoms with E-state index < -0.39 is 15.9 Å². The number of anilines is 2. The highest BCUT2D eigenvalue weighted by Crippen LogP contribution is 2.35. The number of aliphatic hydroxyl groups is 1. The minimum absolute atomic E-state index is 0.0487. The van der Waals surface area contributed by atoms with Gasteiger partial charge in [0.1, 0.15) is 9.90 Å². The fourth-order valence-electron chi connectivity index (χ4n) is 1.97. The maximum Gasteiger partial charge on any atom is 0.182 e. The van der Waals surface area contributed by atoms with E-state index in [1.165, 1.54) is 0 Å². The first-order valence-corrected chi connectivity index (χ1v) is 7.94. The van der Waals surface area contributed by atoms with Crippen molar-refractivity contribution in [3.8, 4) is 0 Å². The zero-order valence-corrected chi connectivity index (χ0v) is 11.1. The predicted octanol–water partition coefficient (Wildman–Crippen LogP) is 0.0899. The molecule has 1 aromatic rings. The van der Waals surface area contributed by atoms with Crippen LogP contribution in [-0.2, 0) is 9.84 Å². The smallest absolute Gasteiger partial charge is 0.182 e. The molecule has 1 saturated heterocycles. The van der Waals surface area contributed by atoms with Gasteiger partial charge >= 0.3 is 0 Å². The summed E-state index contributed by atoms with van der Waals surface area (Å²) in [6, 6.07) is 0. The fourth-order valence-corrected chi connectivity index (χ4v) is 4.21. The lowest BCUT2D eigenvalue weighted by Gasteiger charge is -2.30. The van der Waals surface area contributed by atoms with Gasteiger partial charge in [0.15, 0.2) is 15.7 Å². The van der Waals surface area contributed by atoms with Crippen molar-refractivity contribution < 1.29 is 13.5 Å². The molecule has 0 amide bonds. The van der Waals surface area contributed by atoms with E-state index in [2.05, 4.69) is 4.37 Å². The van der Waals surface area contributed by atoms with E-state index >= 15 is 0 Å². The van der Waals surface area contributed by atoms with E-state index in [4.69, 9.17) is 5.73 Å². The number of aliphatic hydroxyl groups excluding tert-OH is 1. The van der Waals surface area contributed by atoms with Gasteiger partial charge in [0.05, 0.1) is 6.10 Å². The Labute approximate surface area is 104 Å². The topological polar surface area (TPSA) is 96.5 Å². The maximum absolute atomic E-state index is 11.7. The zero-order chi connectivity index (χ0) is 12.6. The van der Waals surface area contributed by atoms with Gasteiger partial charge in [-0.1, -0.05) is 0 Å². The van der Waals surface area contributed by atoms with Gasteiger partial charge in [-0.15, -0.1) is 0 Å². The lowest BCUT2D eigenvalue weighted by molar-refractivity contribution is 0.154. The van der Waals surface area contributed by atoms with Crippen molar-refractivity contribution in [3.63, 3.8) is 0 Å². The fraction of sp³-hybridized carbons (Fsp3) is 0.667. The van der Waals surface area contributed by atoms with Crippen molar-refractivity contribution in [2.75, 3.05) is 30.0 Å². The van der Waals surface area contributed by atoms with Gasteiger partial charge in [0, 0.05) is 19.3 Å². The van der Waals surface area contributed by atoms with Gasteiger partial charge in [-0.25, -0.2) is 8.42 Å². The van der Waals surface area contributed by atoms with Crippen LogP contribution in [0.4, 0.5) is 10.8 Å². The van der Waals surface area contributed by atoms with Crippen LogP contribution in [0, 0.1) is 0 Å². The Morgan fingerprint density at radius 2 is 2.29 bits per heavy atom. The number of rotatable bonds is 2. The van der Waals surface area contributed by atoms with E-state index in [0.717, 1.165) is 37.2 Å². The van der Waals surface area contributed by atoms with Crippen LogP contribution < -0.4 is 10.6 Å². The van der Waals surface area contributed by atoms with Gasteiger partial charge in [0.25, 0.3) is 0 Å². The first-order chi connectivity index (χ1) is 7.89. The highest BCUT2D eigenvalue weighted by Gasteiger charge is 2.28. The lowest BCUT2D eigenvalue weighted by atomic mass is 10.1. The molecule has 2 heterocycles. The van der Waals surface area contributed by atoms with E-state index in [1.807, 2.05) is 4.90 Å². The Bertz CT molecular complexity index is 512. The second-order valence-electron chi connectivity index (χ2n) is 4.22. The van der Waals surface area contributed by atoms with Crippen LogP contribution >= 0.6 is 11.5 Å². The molecule has 8 heteroatoms. The molecule has 3 N–H and O–H groups in total. The number of sulfone groups is 1. The third-order valence-corrected chi connectivity index (χ3v) is 4.91. The number of nitrogen functional groups attached to an aromatic ring is 1. The Hall–Kier alpha value is -0.860. The molecule has 0 bridgehead atoms. The summed E-state index contributed by atoms with van der Waals surface area (Å²) in [5.74, 6) is 0.0487. The second kappa shape index (κ2) is 4.43. The van der Waals surface area contributed by atoms with Crippen LogP contribution in [0.5, 0.6) is 0 Å². The van der Waals surface area contributed by atoms with Gasteiger partial charge < -0.3 is 15.7 Å². The molecular formula is C9H15N3O3S2. The average Bonchev–Trinajstić information content (AvgIpc) is 2.59. The summed E-state index contributed by atoms with van der Waals surface area (Å²) >= 11 is 1.07. The van der Waals surface area contributed by atoms with Crippen molar-refractivity contribution in [1.82, 2.24) is 4.37 Å². The Morgan fingerprint density at radius 3 is 2.88 bits per heavy atom. The van der Waals surface area contributed by atoms with Crippen LogP contribution in [-0.4, -0.2) is 43.3 Å². The van der Waals surface area contributed by atoms with Crippen molar-refractivity contribution >= 4 is 32.2 Å². The summed E-state index contributed by atoms with van der Waals surface area (Å²) in [5.41, 5.74) is 5.60. The zero-order valence-electron chi connectivity index (χ0n) is 9.46. The second-order valence-corrected chi connectivity index (χ2v) is 6.92. The predicted molar refractivity (Wildman–Crippen MR) is 67.1 cm³/mol. The van der Waals surface area contributed by atoms with Gasteiger partial charge in [-0.05, 0) is 24.4 Å². The number of piperidine rings is 1.